The molecule has 0 amide bonds. The van der Waals surface area contributed by atoms with Crippen LogP contribution in [-0.4, -0.2) is 30.1 Å². The van der Waals surface area contributed by atoms with Crippen molar-refractivity contribution in [1.29, 1.82) is 5.26 Å². The van der Waals surface area contributed by atoms with Crippen LogP contribution in [0.5, 0.6) is 11.5 Å². The van der Waals surface area contributed by atoms with E-state index in [0.29, 0.717) is 30.4 Å². The lowest BCUT2D eigenvalue weighted by molar-refractivity contribution is 0.0352. The average molecular weight is 436 g/mol. The van der Waals surface area contributed by atoms with Gasteiger partial charge in [-0.15, -0.1) is 0 Å². The molecule has 2 aliphatic carbocycles. The van der Waals surface area contributed by atoms with Crippen LogP contribution < -0.4 is 0 Å². The summed E-state index contributed by atoms with van der Waals surface area (Å²) < 4.78 is 6.47. The summed E-state index contributed by atoms with van der Waals surface area (Å²) in [5.41, 5.74) is -0.389. The summed E-state index contributed by atoms with van der Waals surface area (Å²) in [5.74, 6) is -1.72. The molecule has 0 saturated carbocycles. The number of hydrogen-bond acceptors (Lipinski definition) is 6. The van der Waals surface area contributed by atoms with E-state index in [9.17, 15) is 25.1 Å². The Bertz CT molecular complexity index is 1170. The lowest BCUT2D eigenvalue weighted by Crippen LogP contribution is -2.47. The van der Waals surface area contributed by atoms with Gasteiger partial charge >= 0.3 is 0 Å². The summed E-state index contributed by atoms with van der Waals surface area (Å²) in [5, 5.41) is 31.7. The number of rotatable bonds is 3. The first-order chi connectivity index (χ1) is 14.6. The van der Waals surface area contributed by atoms with Gasteiger partial charge in [0.2, 0.25) is 5.78 Å². The maximum Gasteiger partial charge on any atom is 0.201 e. The highest BCUT2D eigenvalue weighted by molar-refractivity contribution is 6.69. The summed E-state index contributed by atoms with van der Waals surface area (Å²) in [6.07, 6.45) is 1.80. The molecule has 0 saturated heterocycles. The Morgan fingerprint density at radius 3 is 2.48 bits per heavy atom. The predicted molar refractivity (Wildman–Crippen MR) is 117 cm³/mol. The summed E-state index contributed by atoms with van der Waals surface area (Å²) in [6, 6.07) is 8.29. The molecule has 0 radical (unpaired) electrons. The number of phenolic OH excluding ortho intramolecular Hbond substituents is 2. The third kappa shape index (κ3) is 3.01. The Hall–Kier alpha value is -2.95. The van der Waals surface area contributed by atoms with Crippen LogP contribution in [0.4, 0.5) is 0 Å². The van der Waals surface area contributed by atoms with Gasteiger partial charge in [0.15, 0.2) is 19.7 Å². The van der Waals surface area contributed by atoms with Gasteiger partial charge in [0.25, 0.3) is 0 Å². The maximum atomic E-state index is 13.3. The van der Waals surface area contributed by atoms with Crippen LogP contribution in [0.1, 0.15) is 62.7 Å². The van der Waals surface area contributed by atoms with Gasteiger partial charge in [-0.2, -0.15) is 5.26 Å². The van der Waals surface area contributed by atoms with Gasteiger partial charge in [-0.1, -0.05) is 19.1 Å². The van der Waals surface area contributed by atoms with Crippen LogP contribution in [-0.2, 0) is 16.4 Å². The average Bonchev–Trinajstić information content (AvgIpc) is 2.71. The fourth-order valence-corrected chi connectivity index (χ4v) is 6.26. The first-order valence-electron chi connectivity index (χ1n) is 10.5. The van der Waals surface area contributed by atoms with Crippen LogP contribution in [0.15, 0.2) is 24.3 Å². The quantitative estimate of drug-likeness (QED) is 0.590. The molecule has 6 nitrogen and oxygen atoms in total. The topological polar surface area (TPSA) is 108 Å². The van der Waals surface area contributed by atoms with Crippen LogP contribution in [0, 0.1) is 17.2 Å². The highest BCUT2D eigenvalue weighted by Gasteiger charge is 2.50. The van der Waals surface area contributed by atoms with E-state index in [1.54, 1.807) is 6.07 Å². The fourth-order valence-electron chi connectivity index (χ4n) is 4.97. The number of carbonyl (C=O) groups is 2. The Labute approximate surface area is 182 Å². The Morgan fingerprint density at radius 2 is 1.87 bits per heavy atom. The number of hydrogen-bond donors (Lipinski definition) is 2. The van der Waals surface area contributed by atoms with Gasteiger partial charge in [-0.25, -0.2) is 0 Å². The second-order valence-corrected chi connectivity index (χ2v) is 13.7. The van der Waals surface area contributed by atoms with Crippen LogP contribution >= 0.6 is 0 Å². The maximum absolute atomic E-state index is 13.3. The van der Waals surface area contributed by atoms with Crippen molar-refractivity contribution in [3.63, 3.8) is 0 Å². The molecule has 0 spiro atoms. The molecule has 2 aromatic carbocycles. The third-order valence-electron chi connectivity index (χ3n) is 6.24. The molecule has 7 heteroatoms. The first kappa shape index (κ1) is 21.3. The van der Waals surface area contributed by atoms with Crippen LogP contribution in [0.2, 0.25) is 19.6 Å². The zero-order chi connectivity index (χ0) is 22.7. The van der Waals surface area contributed by atoms with E-state index in [-0.39, 0.29) is 39.7 Å². The molecule has 0 unspecified atom stereocenters. The number of aromatic hydroxyl groups is 2. The van der Waals surface area contributed by atoms with Crippen molar-refractivity contribution >= 4 is 19.9 Å². The molecule has 2 aromatic rings. The van der Waals surface area contributed by atoms with E-state index < -0.39 is 25.5 Å². The summed E-state index contributed by atoms with van der Waals surface area (Å²) in [7, 11) is -2.20. The minimum Gasteiger partial charge on any atom is -0.507 e. The van der Waals surface area contributed by atoms with Crippen molar-refractivity contribution in [3.05, 3.63) is 57.6 Å². The monoisotopic (exact) mass is 435 g/mol. The number of nitrogens with zero attached hydrogens (tertiary/aromatic N) is 1. The van der Waals surface area contributed by atoms with E-state index in [1.807, 2.05) is 26.6 Å². The molecular formula is C24H25NO5Si. The zero-order valence-electron chi connectivity index (χ0n) is 18.1. The first-order valence-corrected chi connectivity index (χ1v) is 13.9. The molecule has 0 heterocycles. The number of carbonyl (C=O) groups excluding carboxylic acids is 2. The minimum atomic E-state index is -2.20. The molecule has 2 atom stereocenters. The second kappa shape index (κ2) is 7.04. The van der Waals surface area contributed by atoms with Crippen molar-refractivity contribution in [3.8, 4) is 17.6 Å². The van der Waals surface area contributed by atoms with Gasteiger partial charge in [0.1, 0.15) is 17.6 Å². The lowest BCUT2D eigenvalue weighted by Gasteiger charge is -2.44. The molecule has 0 bridgehead atoms. The summed E-state index contributed by atoms with van der Waals surface area (Å²) in [6.45, 7) is 8.00. The van der Waals surface area contributed by atoms with Crippen molar-refractivity contribution in [2.75, 3.05) is 0 Å². The third-order valence-corrected chi connectivity index (χ3v) is 7.17. The molecule has 0 aliphatic heterocycles. The minimum absolute atomic E-state index is 0.0508. The summed E-state index contributed by atoms with van der Waals surface area (Å²) in [4.78, 5) is 26.5. The van der Waals surface area contributed by atoms with Gasteiger partial charge in [-0.3, -0.25) is 9.59 Å². The molecule has 4 rings (SSSR count). The van der Waals surface area contributed by atoms with Gasteiger partial charge < -0.3 is 14.6 Å². The van der Waals surface area contributed by atoms with E-state index in [2.05, 4.69) is 6.07 Å². The molecule has 160 valence electrons. The van der Waals surface area contributed by atoms with E-state index in [1.165, 1.54) is 18.2 Å². The highest BCUT2D eigenvalue weighted by Crippen LogP contribution is 2.50. The zero-order valence-corrected chi connectivity index (χ0v) is 19.1. The SMILES string of the molecule is CC[C@@H]1CCc2c(cc3c(c2O)C(=O)c2c(O)cccc2C3=O)[C@]1(C#N)O[Si](C)(C)C. The van der Waals surface area contributed by atoms with E-state index in [0.717, 1.165) is 0 Å². The molecule has 0 fully saturated rings. The van der Waals surface area contributed by atoms with Crippen LogP contribution in [0.25, 0.3) is 0 Å². The molecule has 2 aliphatic rings. The van der Waals surface area contributed by atoms with Gasteiger partial charge in [-0.05, 0) is 51.0 Å². The van der Waals surface area contributed by atoms with Gasteiger partial charge in [0.05, 0.1) is 11.1 Å². The molecular weight excluding hydrogens is 410 g/mol. The van der Waals surface area contributed by atoms with E-state index in [4.69, 9.17) is 4.43 Å². The van der Waals surface area contributed by atoms with Crippen molar-refractivity contribution in [2.45, 2.75) is 51.4 Å². The fraction of sp³-hybridized carbons (Fsp3) is 0.375. The number of ketones is 2. The number of benzene rings is 2. The second-order valence-electron chi connectivity index (χ2n) is 9.24. The lowest BCUT2D eigenvalue weighted by atomic mass is 9.68. The molecule has 2 N–H and O–H groups in total. The van der Waals surface area contributed by atoms with Crippen molar-refractivity contribution < 1.29 is 24.2 Å². The standard InChI is InChI=1S/C24H25NO5Si/c1-5-13-9-10-14-17(24(13,12-25)30-31(2,3)4)11-16-20(22(14)28)23(29)19-15(21(16)27)7-6-8-18(19)26/h6-8,11,13,26,28H,5,9-10H2,1-4H3/t13-,24-/m1/s1. The van der Waals surface area contributed by atoms with Crippen molar-refractivity contribution in [2.24, 2.45) is 5.92 Å². The van der Waals surface area contributed by atoms with E-state index >= 15 is 0 Å². The predicted octanol–water partition coefficient (Wildman–Crippen LogP) is 4.42. The molecule has 31 heavy (non-hydrogen) atoms. The normalized spacial score (nSPS) is 22.4. The number of nitriles is 1. The number of fused-ring (bicyclic) bond motifs is 3. The Balaban J connectivity index is 2.03. The Morgan fingerprint density at radius 1 is 1.16 bits per heavy atom. The van der Waals surface area contributed by atoms with Crippen LogP contribution in [0.3, 0.4) is 0 Å². The van der Waals surface area contributed by atoms with Gasteiger partial charge in [0, 0.05) is 28.2 Å². The number of phenols is 2. The van der Waals surface area contributed by atoms with Crippen molar-refractivity contribution in [1.82, 2.24) is 0 Å². The smallest absolute Gasteiger partial charge is 0.201 e. The highest BCUT2D eigenvalue weighted by atomic mass is 28.4. The molecule has 0 aromatic heterocycles. The Kier molecular flexibility index (Phi) is 4.84. The summed E-state index contributed by atoms with van der Waals surface area (Å²) >= 11 is 0. The largest absolute Gasteiger partial charge is 0.507 e.